The number of aromatic nitrogens is 3. The van der Waals surface area contributed by atoms with Gasteiger partial charge in [0.1, 0.15) is 6.33 Å². The van der Waals surface area contributed by atoms with Crippen LogP contribution in [0.25, 0.3) is 0 Å². The van der Waals surface area contributed by atoms with Crippen LogP contribution in [0.2, 0.25) is 5.02 Å². The Hall–Kier alpha value is -2.31. The van der Waals surface area contributed by atoms with E-state index < -0.39 is 0 Å². The minimum absolute atomic E-state index is 0.137. The first-order chi connectivity index (χ1) is 12.6. The Labute approximate surface area is 160 Å². The van der Waals surface area contributed by atoms with E-state index in [1.165, 1.54) is 22.9 Å². The molecule has 1 amide bonds. The summed E-state index contributed by atoms with van der Waals surface area (Å²) in [5.41, 5.74) is 3.96. The number of anilines is 1. The van der Waals surface area contributed by atoms with Gasteiger partial charge in [-0.2, -0.15) is 0 Å². The Kier molecular flexibility index (Phi) is 4.70. The molecule has 2 aromatic carbocycles. The number of hydrogen-bond acceptors (Lipinski definition) is 4. The summed E-state index contributed by atoms with van der Waals surface area (Å²) in [5, 5.41) is 12.3. The molecule has 0 bridgehead atoms. The van der Waals surface area contributed by atoms with E-state index in [2.05, 4.69) is 21.6 Å². The number of aryl methyl sites for hydroxylation is 3. The van der Waals surface area contributed by atoms with E-state index in [9.17, 15) is 4.79 Å². The lowest BCUT2D eigenvalue weighted by Crippen LogP contribution is -2.13. The number of carbonyl (C=O) groups excluding carboxylic acids is 1. The van der Waals surface area contributed by atoms with Crippen LogP contribution in [0.1, 0.15) is 27.9 Å². The monoisotopic (exact) mass is 384 g/mol. The highest BCUT2D eigenvalue weighted by Gasteiger charge is 2.16. The molecule has 0 atom stereocenters. The molecule has 0 radical (unpaired) electrons. The number of fused-ring (bicyclic) bond motifs is 1. The summed E-state index contributed by atoms with van der Waals surface area (Å²) >= 11 is 7.57. The van der Waals surface area contributed by atoms with Gasteiger partial charge in [-0.1, -0.05) is 17.7 Å². The number of benzene rings is 2. The normalized spacial score (nSPS) is 12.8. The van der Waals surface area contributed by atoms with Crippen LogP contribution in [-0.4, -0.2) is 20.7 Å². The summed E-state index contributed by atoms with van der Waals surface area (Å²) in [7, 11) is 1.88. The standard InChI is InChI=1S/C19H17ClN4OS/c1-24-11-21-23-19(24)26-17-8-7-15(20)10-16(17)22-18(25)14-6-5-12-3-2-4-13(12)9-14/h5-11H,2-4H2,1H3,(H,22,25). The lowest BCUT2D eigenvalue weighted by molar-refractivity contribution is 0.102. The summed E-state index contributed by atoms with van der Waals surface area (Å²) < 4.78 is 1.82. The van der Waals surface area contributed by atoms with Crippen LogP contribution in [0.4, 0.5) is 5.69 Å². The van der Waals surface area contributed by atoms with Crippen LogP contribution in [0, 0.1) is 0 Å². The molecule has 132 valence electrons. The van der Waals surface area contributed by atoms with Crippen molar-refractivity contribution in [1.29, 1.82) is 0 Å². The molecule has 0 saturated heterocycles. The van der Waals surface area contributed by atoms with Crippen molar-refractivity contribution in [3.05, 3.63) is 64.4 Å². The van der Waals surface area contributed by atoms with Crippen molar-refractivity contribution < 1.29 is 4.79 Å². The smallest absolute Gasteiger partial charge is 0.255 e. The van der Waals surface area contributed by atoms with E-state index >= 15 is 0 Å². The summed E-state index contributed by atoms with van der Waals surface area (Å²) in [4.78, 5) is 13.6. The largest absolute Gasteiger partial charge is 0.321 e. The van der Waals surface area contributed by atoms with Crippen molar-refractivity contribution >= 4 is 35.0 Å². The highest BCUT2D eigenvalue weighted by molar-refractivity contribution is 7.99. The highest BCUT2D eigenvalue weighted by Crippen LogP contribution is 2.34. The van der Waals surface area contributed by atoms with Gasteiger partial charge in [0.25, 0.3) is 5.91 Å². The molecule has 0 fully saturated rings. The van der Waals surface area contributed by atoms with Crippen LogP contribution in [-0.2, 0) is 19.9 Å². The molecule has 0 aliphatic heterocycles. The van der Waals surface area contributed by atoms with Crippen LogP contribution in [0.3, 0.4) is 0 Å². The maximum atomic E-state index is 12.8. The zero-order valence-electron chi connectivity index (χ0n) is 14.2. The number of nitrogens with zero attached hydrogens (tertiary/aromatic N) is 3. The van der Waals surface area contributed by atoms with E-state index in [-0.39, 0.29) is 5.91 Å². The number of carbonyl (C=O) groups is 1. The molecule has 5 nitrogen and oxygen atoms in total. The van der Waals surface area contributed by atoms with Crippen molar-refractivity contribution in [1.82, 2.24) is 14.8 Å². The Morgan fingerprint density at radius 2 is 2.04 bits per heavy atom. The Bertz CT molecular complexity index is 985. The lowest BCUT2D eigenvalue weighted by atomic mass is 10.1. The highest BCUT2D eigenvalue weighted by atomic mass is 35.5. The minimum Gasteiger partial charge on any atom is -0.321 e. The molecule has 1 aliphatic rings. The van der Waals surface area contributed by atoms with Gasteiger partial charge in [-0.25, -0.2) is 0 Å². The Balaban J connectivity index is 1.60. The second-order valence-corrected chi connectivity index (χ2v) is 7.70. The molecule has 0 unspecified atom stereocenters. The third-order valence-corrected chi connectivity index (χ3v) is 5.78. The van der Waals surface area contributed by atoms with E-state index in [1.54, 1.807) is 18.5 Å². The van der Waals surface area contributed by atoms with Crippen molar-refractivity contribution in [2.24, 2.45) is 7.05 Å². The maximum Gasteiger partial charge on any atom is 0.255 e. The second-order valence-electron chi connectivity index (χ2n) is 6.26. The molecule has 1 heterocycles. The fourth-order valence-corrected chi connectivity index (χ4v) is 4.06. The Morgan fingerprint density at radius 1 is 1.19 bits per heavy atom. The second kappa shape index (κ2) is 7.13. The van der Waals surface area contributed by atoms with Gasteiger partial charge < -0.3 is 9.88 Å². The van der Waals surface area contributed by atoms with Crippen LogP contribution in [0.5, 0.6) is 0 Å². The average molecular weight is 385 g/mol. The van der Waals surface area contributed by atoms with Crippen molar-refractivity contribution in [3.8, 4) is 0 Å². The van der Waals surface area contributed by atoms with Crippen LogP contribution in [0.15, 0.2) is 52.8 Å². The van der Waals surface area contributed by atoms with Gasteiger partial charge in [0, 0.05) is 22.5 Å². The molecule has 0 spiro atoms. The van der Waals surface area contributed by atoms with Gasteiger partial charge in [-0.15, -0.1) is 10.2 Å². The summed E-state index contributed by atoms with van der Waals surface area (Å²) in [6, 6.07) is 11.4. The SMILES string of the molecule is Cn1cnnc1Sc1ccc(Cl)cc1NC(=O)c1ccc2c(c1)CCC2. The third-order valence-electron chi connectivity index (χ3n) is 4.42. The van der Waals surface area contributed by atoms with Gasteiger partial charge in [-0.3, -0.25) is 4.79 Å². The zero-order valence-corrected chi connectivity index (χ0v) is 15.8. The minimum atomic E-state index is -0.137. The van der Waals surface area contributed by atoms with Crippen LogP contribution >= 0.6 is 23.4 Å². The van der Waals surface area contributed by atoms with Crippen LogP contribution < -0.4 is 5.32 Å². The average Bonchev–Trinajstić information content (AvgIpc) is 3.25. The zero-order chi connectivity index (χ0) is 18.1. The third kappa shape index (κ3) is 3.48. The van der Waals surface area contributed by atoms with Crippen molar-refractivity contribution in [2.75, 3.05) is 5.32 Å². The van der Waals surface area contributed by atoms with Gasteiger partial charge in [0.15, 0.2) is 5.16 Å². The molecule has 1 aromatic heterocycles. The fourth-order valence-electron chi connectivity index (χ4n) is 3.06. The van der Waals surface area contributed by atoms with Crippen molar-refractivity contribution in [3.63, 3.8) is 0 Å². The van der Waals surface area contributed by atoms with E-state index in [0.29, 0.717) is 16.3 Å². The molecular formula is C19H17ClN4OS. The molecule has 7 heteroatoms. The molecule has 4 rings (SSSR count). The molecule has 3 aromatic rings. The molecule has 0 saturated carbocycles. The lowest BCUT2D eigenvalue weighted by Gasteiger charge is -2.12. The molecular weight excluding hydrogens is 368 g/mol. The summed E-state index contributed by atoms with van der Waals surface area (Å²) in [6.45, 7) is 0. The number of hydrogen-bond donors (Lipinski definition) is 1. The molecule has 26 heavy (non-hydrogen) atoms. The summed E-state index contributed by atoms with van der Waals surface area (Å²) in [5.74, 6) is -0.137. The summed E-state index contributed by atoms with van der Waals surface area (Å²) in [6.07, 6.45) is 4.94. The first-order valence-corrected chi connectivity index (χ1v) is 9.54. The number of nitrogens with one attached hydrogen (secondary N) is 1. The van der Waals surface area contributed by atoms with E-state index in [4.69, 9.17) is 11.6 Å². The maximum absolute atomic E-state index is 12.8. The Morgan fingerprint density at radius 3 is 2.85 bits per heavy atom. The number of amides is 1. The first-order valence-electron chi connectivity index (χ1n) is 8.35. The molecule has 1 N–H and O–H groups in total. The van der Waals surface area contributed by atoms with Gasteiger partial charge in [-0.05, 0) is 72.5 Å². The number of halogens is 1. The topological polar surface area (TPSA) is 59.8 Å². The fraction of sp³-hybridized carbons (Fsp3) is 0.211. The van der Waals surface area contributed by atoms with Gasteiger partial charge >= 0.3 is 0 Å². The predicted octanol–water partition coefficient (Wildman–Crippen LogP) is 4.36. The molecule has 1 aliphatic carbocycles. The van der Waals surface area contributed by atoms with E-state index in [1.807, 2.05) is 29.8 Å². The predicted molar refractivity (Wildman–Crippen MR) is 103 cm³/mol. The van der Waals surface area contributed by atoms with E-state index in [0.717, 1.165) is 29.3 Å². The first kappa shape index (κ1) is 17.1. The quantitative estimate of drug-likeness (QED) is 0.726. The number of rotatable bonds is 4. The van der Waals surface area contributed by atoms with Gasteiger partial charge in [0.05, 0.1) is 5.69 Å². The van der Waals surface area contributed by atoms with Crippen molar-refractivity contribution in [2.45, 2.75) is 29.3 Å². The van der Waals surface area contributed by atoms with Gasteiger partial charge in [0.2, 0.25) is 0 Å².